The lowest BCUT2D eigenvalue weighted by Gasteiger charge is -2.16. The van der Waals surface area contributed by atoms with E-state index in [1.165, 1.54) is 0 Å². The molecule has 1 aliphatic rings. The number of rotatable bonds is 3. The van der Waals surface area contributed by atoms with Gasteiger partial charge in [-0.25, -0.2) is 0 Å². The summed E-state index contributed by atoms with van der Waals surface area (Å²) >= 11 is 6.20. The standard InChI is InChI=1S/C18H17ClO2/c1-12-5-6-14(17(19)9-12)11-21-15-8-7-13-3-2-4-18(20)16(13)10-15/h5-10H,2-4,11H2,1H3. The van der Waals surface area contributed by atoms with Crippen molar-refractivity contribution in [3.63, 3.8) is 0 Å². The van der Waals surface area contributed by atoms with Crippen molar-refractivity contribution in [1.29, 1.82) is 0 Å². The van der Waals surface area contributed by atoms with E-state index in [-0.39, 0.29) is 5.78 Å². The molecule has 0 fully saturated rings. The molecule has 0 heterocycles. The molecule has 3 heteroatoms. The van der Waals surface area contributed by atoms with Crippen LogP contribution in [0.5, 0.6) is 5.75 Å². The van der Waals surface area contributed by atoms with Crippen molar-refractivity contribution >= 4 is 17.4 Å². The molecule has 0 saturated carbocycles. The first kappa shape index (κ1) is 14.2. The monoisotopic (exact) mass is 300 g/mol. The van der Waals surface area contributed by atoms with Gasteiger partial charge in [-0.2, -0.15) is 0 Å². The molecule has 2 aromatic rings. The van der Waals surface area contributed by atoms with Crippen LogP contribution in [0.3, 0.4) is 0 Å². The lowest BCUT2D eigenvalue weighted by Crippen LogP contribution is -2.10. The third-order valence-electron chi connectivity index (χ3n) is 3.83. The minimum Gasteiger partial charge on any atom is -0.489 e. The van der Waals surface area contributed by atoms with Crippen molar-refractivity contribution in [2.24, 2.45) is 0 Å². The van der Waals surface area contributed by atoms with E-state index in [9.17, 15) is 4.79 Å². The van der Waals surface area contributed by atoms with E-state index in [4.69, 9.17) is 16.3 Å². The van der Waals surface area contributed by atoms with Gasteiger partial charge in [0.15, 0.2) is 5.78 Å². The Hall–Kier alpha value is -1.80. The van der Waals surface area contributed by atoms with Gasteiger partial charge < -0.3 is 4.74 Å². The topological polar surface area (TPSA) is 26.3 Å². The predicted molar refractivity (Wildman–Crippen MR) is 84.2 cm³/mol. The van der Waals surface area contributed by atoms with Gasteiger partial charge in [0.2, 0.25) is 0 Å². The molecule has 2 aromatic carbocycles. The van der Waals surface area contributed by atoms with Crippen LogP contribution in [0.1, 0.15) is 39.9 Å². The first-order chi connectivity index (χ1) is 10.1. The average Bonchev–Trinajstić information content (AvgIpc) is 2.47. The first-order valence-electron chi connectivity index (χ1n) is 7.17. The lowest BCUT2D eigenvalue weighted by atomic mass is 9.90. The highest BCUT2D eigenvalue weighted by Crippen LogP contribution is 2.26. The van der Waals surface area contributed by atoms with Gasteiger partial charge in [0.1, 0.15) is 12.4 Å². The fourth-order valence-electron chi connectivity index (χ4n) is 2.63. The minimum absolute atomic E-state index is 0.218. The Kier molecular flexibility index (Phi) is 3.98. The van der Waals surface area contributed by atoms with Crippen LogP contribution in [0.2, 0.25) is 5.02 Å². The summed E-state index contributed by atoms with van der Waals surface area (Å²) in [4.78, 5) is 11.9. The van der Waals surface area contributed by atoms with Gasteiger partial charge in [-0.1, -0.05) is 29.8 Å². The van der Waals surface area contributed by atoms with Crippen LogP contribution in [0.25, 0.3) is 0 Å². The molecule has 21 heavy (non-hydrogen) atoms. The van der Waals surface area contributed by atoms with Gasteiger partial charge in [-0.15, -0.1) is 0 Å². The maximum Gasteiger partial charge on any atom is 0.163 e. The molecule has 0 bridgehead atoms. The molecule has 0 aromatic heterocycles. The summed E-state index contributed by atoms with van der Waals surface area (Å²) in [6.07, 6.45) is 2.57. The summed E-state index contributed by atoms with van der Waals surface area (Å²) in [6, 6.07) is 11.7. The SMILES string of the molecule is Cc1ccc(COc2ccc3c(c2)C(=O)CCC3)c(Cl)c1. The number of ether oxygens (including phenoxy) is 1. The Morgan fingerprint density at radius 2 is 2.00 bits per heavy atom. The number of Topliss-reactive ketones (excluding diaryl/α,β-unsaturated/α-hetero) is 1. The maximum absolute atomic E-state index is 11.9. The van der Waals surface area contributed by atoms with E-state index < -0.39 is 0 Å². The fourth-order valence-corrected chi connectivity index (χ4v) is 2.92. The summed E-state index contributed by atoms with van der Waals surface area (Å²) in [5, 5.41) is 0.712. The van der Waals surface area contributed by atoms with Gasteiger partial charge in [0.25, 0.3) is 0 Å². The van der Waals surface area contributed by atoms with Crippen LogP contribution >= 0.6 is 11.6 Å². The van der Waals surface area contributed by atoms with Crippen LogP contribution in [0.4, 0.5) is 0 Å². The zero-order valence-corrected chi connectivity index (χ0v) is 12.7. The molecule has 0 saturated heterocycles. The van der Waals surface area contributed by atoms with E-state index in [2.05, 4.69) is 0 Å². The molecular formula is C18H17ClO2. The van der Waals surface area contributed by atoms with E-state index in [1.807, 2.05) is 43.3 Å². The van der Waals surface area contributed by atoms with E-state index in [1.54, 1.807) is 0 Å². The van der Waals surface area contributed by atoms with Crippen molar-refractivity contribution in [2.45, 2.75) is 32.8 Å². The van der Waals surface area contributed by atoms with E-state index >= 15 is 0 Å². The van der Waals surface area contributed by atoms with Crippen molar-refractivity contribution in [2.75, 3.05) is 0 Å². The fraction of sp³-hybridized carbons (Fsp3) is 0.278. The molecule has 0 aliphatic heterocycles. The number of benzene rings is 2. The van der Waals surface area contributed by atoms with Crippen LogP contribution < -0.4 is 4.74 Å². The molecular weight excluding hydrogens is 284 g/mol. The summed E-state index contributed by atoms with van der Waals surface area (Å²) in [5.41, 5.74) is 4.02. The molecule has 0 unspecified atom stereocenters. The molecule has 2 nitrogen and oxygen atoms in total. The van der Waals surface area contributed by atoms with E-state index in [0.717, 1.165) is 40.8 Å². The summed E-state index contributed by atoms with van der Waals surface area (Å²) < 4.78 is 5.79. The lowest BCUT2D eigenvalue weighted by molar-refractivity contribution is 0.0972. The molecule has 0 N–H and O–H groups in total. The molecule has 0 spiro atoms. The van der Waals surface area contributed by atoms with Crippen LogP contribution in [-0.4, -0.2) is 5.78 Å². The molecule has 0 atom stereocenters. The Labute approximate surface area is 129 Å². The summed E-state index contributed by atoms with van der Waals surface area (Å²) in [5.74, 6) is 0.940. The highest BCUT2D eigenvalue weighted by Gasteiger charge is 2.17. The highest BCUT2D eigenvalue weighted by molar-refractivity contribution is 6.31. The normalized spacial score (nSPS) is 13.9. The number of carbonyl (C=O) groups excluding carboxylic acids is 1. The number of ketones is 1. The molecule has 3 rings (SSSR count). The van der Waals surface area contributed by atoms with Crippen molar-refractivity contribution in [1.82, 2.24) is 0 Å². The smallest absolute Gasteiger partial charge is 0.163 e. The Morgan fingerprint density at radius 3 is 2.81 bits per heavy atom. The van der Waals surface area contributed by atoms with Gasteiger partial charge in [0.05, 0.1) is 0 Å². The quantitative estimate of drug-likeness (QED) is 0.818. The van der Waals surface area contributed by atoms with Crippen molar-refractivity contribution in [3.8, 4) is 5.75 Å². The number of aryl methyl sites for hydroxylation is 2. The van der Waals surface area contributed by atoms with Gasteiger partial charge in [-0.05, 0) is 49.1 Å². The molecule has 0 amide bonds. The Balaban J connectivity index is 1.76. The summed E-state index contributed by atoms with van der Waals surface area (Å²) in [7, 11) is 0. The first-order valence-corrected chi connectivity index (χ1v) is 7.55. The van der Waals surface area contributed by atoms with Crippen LogP contribution in [-0.2, 0) is 13.0 Å². The molecule has 0 radical (unpaired) electrons. The third kappa shape index (κ3) is 3.11. The second-order valence-electron chi connectivity index (χ2n) is 5.48. The van der Waals surface area contributed by atoms with Crippen molar-refractivity contribution < 1.29 is 9.53 Å². The Bertz CT molecular complexity index is 692. The van der Waals surface area contributed by atoms with Crippen LogP contribution in [0, 0.1) is 6.92 Å². The average molecular weight is 301 g/mol. The second-order valence-corrected chi connectivity index (χ2v) is 5.89. The minimum atomic E-state index is 0.218. The number of fused-ring (bicyclic) bond motifs is 1. The maximum atomic E-state index is 11.9. The highest BCUT2D eigenvalue weighted by atomic mass is 35.5. The number of carbonyl (C=O) groups is 1. The largest absolute Gasteiger partial charge is 0.489 e. The van der Waals surface area contributed by atoms with Crippen molar-refractivity contribution in [3.05, 3.63) is 63.7 Å². The van der Waals surface area contributed by atoms with Gasteiger partial charge in [0, 0.05) is 22.6 Å². The number of hydrogen-bond donors (Lipinski definition) is 0. The summed E-state index contributed by atoms with van der Waals surface area (Å²) in [6.45, 7) is 2.41. The molecule has 1 aliphatic carbocycles. The van der Waals surface area contributed by atoms with Gasteiger partial charge >= 0.3 is 0 Å². The zero-order valence-electron chi connectivity index (χ0n) is 12.0. The van der Waals surface area contributed by atoms with Gasteiger partial charge in [-0.3, -0.25) is 4.79 Å². The second kappa shape index (κ2) is 5.90. The van der Waals surface area contributed by atoms with E-state index in [0.29, 0.717) is 18.1 Å². The number of halogens is 1. The zero-order chi connectivity index (χ0) is 14.8. The predicted octanol–water partition coefficient (Wildman–Crippen LogP) is 4.75. The molecule has 108 valence electrons. The number of hydrogen-bond acceptors (Lipinski definition) is 2. The third-order valence-corrected chi connectivity index (χ3v) is 4.19. The Morgan fingerprint density at radius 1 is 1.14 bits per heavy atom. The van der Waals surface area contributed by atoms with Crippen LogP contribution in [0.15, 0.2) is 36.4 Å².